The Morgan fingerprint density at radius 3 is 2.88 bits per heavy atom. The highest BCUT2D eigenvalue weighted by Gasteiger charge is 2.36. The summed E-state index contributed by atoms with van der Waals surface area (Å²) in [5.74, 6) is -0.0298. The number of nitrogens with one attached hydrogen (secondary N) is 1. The van der Waals surface area contributed by atoms with Gasteiger partial charge >= 0.3 is 0 Å². The molecule has 2 rings (SSSR count). The van der Waals surface area contributed by atoms with Gasteiger partial charge in [-0.25, -0.2) is 4.98 Å². The fourth-order valence-corrected chi connectivity index (χ4v) is 2.76. The highest BCUT2D eigenvalue weighted by molar-refractivity contribution is 7.09. The van der Waals surface area contributed by atoms with Crippen molar-refractivity contribution in [2.45, 2.75) is 44.7 Å². The van der Waals surface area contributed by atoms with Gasteiger partial charge in [-0.3, -0.25) is 4.79 Å². The third-order valence-corrected chi connectivity index (χ3v) is 3.98. The maximum Gasteiger partial charge on any atom is 0.240 e. The average Bonchev–Trinajstić information content (AvgIpc) is 2.85. The molecule has 1 heterocycles. The van der Waals surface area contributed by atoms with Gasteiger partial charge in [-0.15, -0.1) is 11.3 Å². The summed E-state index contributed by atoms with van der Waals surface area (Å²) >= 11 is 1.57. The summed E-state index contributed by atoms with van der Waals surface area (Å²) in [5, 5.41) is 5.80. The van der Waals surface area contributed by atoms with Crippen LogP contribution >= 0.6 is 11.3 Å². The summed E-state index contributed by atoms with van der Waals surface area (Å²) in [6.07, 6.45) is 3.71. The average molecular weight is 239 g/mol. The van der Waals surface area contributed by atoms with Gasteiger partial charge in [0.1, 0.15) is 5.01 Å². The first-order valence-corrected chi connectivity index (χ1v) is 6.46. The van der Waals surface area contributed by atoms with Crippen molar-refractivity contribution in [3.05, 3.63) is 16.1 Å². The summed E-state index contributed by atoms with van der Waals surface area (Å²) in [6.45, 7) is 2.44. The second-order valence-corrected chi connectivity index (χ2v) is 5.37. The van der Waals surface area contributed by atoms with Gasteiger partial charge in [-0.1, -0.05) is 12.8 Å². The maximum absolute atomic E-state index is 11.9. The number of hydrogen-bond donors (Lipinski definition) is 2. The Morgan fingerprint density at radius 1 is 1.62 bits per heavy atom. The summed E-state index contributed by atoms with van der Waals surface area (Å²) in [6, 6.07) is 0. The molecule has 1 amide bonds. The molecule has 1 aromatic heterocycles. The van der Waals surface area contributed by atoms with Gasteiger partial charge in [-0.05, 0) is 19.8 Å². The van der Waals surface area contributed by atoms with Crippen LogP contribution in [0.25, 0.3) is 0 Å². The lowest BCUT2D eigenvalue weighted by Gasteiger charge is -2.21. The lowest BCUT2D eigenvalue weighted by atomic mass is 9.98. The van der Waals surface area contributed by atoms with Crippen LogP contribution in [0, 0.1) is 6.92 Å². The van der Waals surface area contributed by atoms with Gasteiger partial charge in [0.05, 0.1) is 12.1 Å². The first-order chi connectivity index (χ1) is 7.60. The predicted molar refractivity (Wildman–Crippen MR) is 64.1 cm³/mol. The molecule has 1 aliphatic rings. The van der Waals surface area contributed by atoms with Crippen LogP contribution < -0.4 is 11.1 Å². The van der Waals surface area contributed by atoms with E-state index in [9.17, 15) is 4.79 Å². The van der Waals surface area contributed by atoms with Crippen molar-refractivity contribution in [1.29, 1.82) is 0 Å². The van der Waals surface area contributed by atoms with Crippen molar-refractivity contribution in [3.8, 4) is 0 Å². The second kappa shape index (κ2) is 4.51. The lowest BCUT2D eigenvalue weighted by Crippen LogP contribution is -2.51. The standard InChI is InChI=1S/C11H17N3OS/c1-8-7-16-9(14-8)6-13-10(15)11(12)4-2-3-5-11/h7H,2-6,12H2,1H3,(H,13,15). The molecule has 3 N–H and O–H groups in total. The number of hydrogen-bond acceptors (Lipinski definition) is 4. The molecule has 0 aromatic carbocycles. The lowest BCUT2D eigenvalue weighted by molar-refractivity contribution is -0.126. The summed E-state index contributed by atoms with van der Waals surface area (Å²) in [5.41, 5.74) is 6.41. The molecule has 0 aliphatic heterocycles. The molecule has 1 fully saturated rings. The van der Waals surface area contributed by atoms with Gasteiger partial charge in [0.2, 0.25) is 5.91 Å². The van der Waals surface area contributed by atoms with Gasteiger partial charge in [0.25, 0.3) is 0 Å². The molecule has 0 saturated heterocycles. The van der Waals surface area contributed by atoms with Crippen LogP contribution in [0.4, 0.5) is 0 Å². The highest BCUT2D eigenvalue weighted by Crippen LogP contribution is 2.27. The third-order valence-electron chi connectivity index (χ3n) is 3.01. The van der Waals surface area contributed by atoms with Crippen LogP contribution in [0.1, 0.15) is 36.4 Å². The minimum atomic E-state index is -0.633. The molecule has 0 spiro atoms. The number of thiazole rings is 1. The van der Waals surface area contributed by atoms with E-state index in [0.29, 0.717) is 6.54 Å². The Balaban J connectivity index is 1.88. The zero-order chi connectivity index (χ0) is 11.6. The number of rotatable bonds is 3. The molecule has 5 heteroatoms. The first kappa shape index (κ1) is 11.5. The molecule has 0 atom stereocenters. The fraction of sp³-hybridized carbons (Fsp3) is 0.636. The Morgan fingerprint density at radius 2 is 2.31 bits per heavy atom. The van der Waals surface area contributed by atoms with E-state index in [1.165, 1.54) is 0 Å². The molecule has 1 aromatic rings. The fourth-order valence-electron chi connectivity index (χ4n) is 2.05. The normalized spacial score (nSPS) is 18.6. The smallest absolute Gasteiger partial charge is 0.240 e. The molecule has 1 saturated carbocycles. The van der Waals surface area contributed by atoms with Gasteiger partial charge in [-0.2, -0.15) is 0 Å². The van der Waals surface area contributed by atoms with Crippen molar-refractivity contribution in [3.63, 3.8) is 0 Å². The maximum atomic E-state index is 11.9. The molecule has 0 bridgehead atoms. The van der Waals surface area contributed by atoms with Crippen molar-refractivity contribution >= 4 is 17.2 Å². The first-order valence-electron chi connectivity index (χ1n) is 5.58. The van der Waals surface area contributed by atoms with Crippen LogP contribution in [-0.2, 0) is 11.3 Å². The second-order valence-electron chi connectivity index (χ2n) is 4.43. The van der Waals surface area contributed by atoms with E-state index in [2.05, 4.69) is 10.3 Å². The van der Waals surface area contributed by atoms with Crippen LogP contribution in [0.5, 0.6) is 0 Å². The predicted octanol–water partition coefficient (Wildman–Crippen LogP) is 1.34. The quantitative estimate of drug-likeness (QED) is 0.836. The van der Waals surface area contributed by atoms with Crippen LogP contribution in [0.15, 0.2) is 5.38 Å². The minimum absolute atomic E-state index is 0.0298. The summed E-state index contributed by atoms with van der Waals surface area (Å²) in [4.78, 5) is 16.2. The topological polar surface area (TPSA) is 68.0 Å². The van der Waals surface area contributed by atoms with E-state index < -0.39 is 5.54 Å². The molecule has 16 heavy (non-hydrogen) atoms. The van der Waals surface area contributed by atoms with E-state index in [0.717, 1.165) is 36.4 Å². The molecule has 0 unspecified atom stereocenters. The number of amides is 1. The number of nitrogens with zero attached hydrogens (tertiary/aromatic N) is 1. The Hall–Kier alpha value is -0.940. The van der Waals surface area contributed by atoms with Gasteiger partial charge in [0, 0.05) is 11.1 Å². The monoisotopic (exact) mass is 239 g/mol. The highest BCUT2D eigenvalue weighted by atomic mass is 32.1. The van der Waals surface area contributed by atoms with E-state index in [1.807, 2.05) is 12.3 Å². The van der Waals surface area contributed by atoms with Crippen LogP contribution in [-0.4, -0.2) is 16.4 Å². The number of aromatic nitrogens is 1. The largest absolute Gasteiger partial charge is 0.348 e. The Labute approximate surface area is 99.3 Å². The number of carbonyl (C=O) groups is 1. The molecule has 1 aliphatic carbocycles. The van der Waals surface area contributed by atoms with E-state index >= 15 is 0 Å². The van der Waals surface area contributed by atoms with Crippen molar-refractivity contribution in [2.75, 3.05) is 0 Å². The number of aryl methyl sites for hydroxylation is 1. The molecule has 88 valence electrons. The number of carbonyl (C=O) groups excluding carboxylic acids is 1. The molecule has 4 nitrogen and oxygen atoms in total. The van der Waals surface area contributed by atoms with Crippen molar-refractivity contribution < 1.29 is 4.79 Å². The Bertz CT molecular complexity index is 382. The van der Waals surface area contributed by atoms with Gasteiger partial charge < -0.3 is 11.1 Å². The van der Waals surface area contributed by atoms with Crippen LogP contribution in [0.3, 0.4) is 0 Å². The number of nitrogens with two attached hydrogens (primary N) is 1. The van der Waals surface area contributed by atoms with E-state index in [4.69, 9.17) is 5.73 Å². The van der Waals surface area contributed by atoms with Crippen LogP contribution in [0.2, 0.25) is 0 Å². The third kappa shape index (κ3) is 2.41. The summed E-state index contributed by atoms with van der Waals surface area (Å²) in [7, 11) is 0. The SMILES string of the molecule is Cc1csc(CNC(=O)C2(N)CCCC2)n1. The van der Waals surface area contributed by atoms with E-state index in [-0.39, 0.29) is 5.91 Å². The van der Waals surface area contributed by atoms with Crippen molar-refractivity contribution in [1.82, 2.24) is 10.3 Å². The summed E-state index contributed by atoms with van der Waals surface area (Å²) < 4.78 is 0. The zero-order valence-corrected chi connectivity index (χ0v) is 10.3. The minimum Gasteiger partial charge on any atom is -0.348 e. The Kier molecular flexibility index (Phi) is 3.25. The van der Waals surface area contributed by atoms with Gasteiger partial charge in [0.15, 0.2) is 0 Å². The molecular formula is C11H17N3OS. The van der Waals surface area contributed by atoms with E-state index in [1.54, 1.807) is 11.3 Å². The molecule has 0 radical (unpaired) electrons. The molecular weight excluding hydrogens is 222 g/mol. The zero-order valence-electron chi connectivity index (χ0n) is 9.45. The van der Waals surface area contributed by atoms with Crippen molar-refractivity contribution in [2.24, 2.45) is 5.73 Å².